The highest BCUT2D eigenvalue weighted by Gasteiger charge is 2.27. The van der Waals surface area contributed by atoms with Crippen LogP contribution in [0.15, 0.2) is 12.2 Å². The first-order chi connectivity index (χ1) is 16.1. The summed E-state index contributed by atoms with van der Waals surface area (Å²) in [4.78, 5) is 12.1. The predicted octanol–water partition coefficient (Wildman–Crippen LogP) is 7.99. The molecule has 0 amide bonds. The van der Waals surface area contributed by atoms with E-state index in [9.17, 15) is 4.79 Å². The second-order valence-electron chi connectivity index (χ2n) is 10.5. The lowest BCUT2D eigenvalue weighted by atomic mass is 9.89. The summed E-state index contributed by atoms with van der Waals surface area (Å²) in [5.74, 6) is 2.24. The van der Waals surface area contributed by atoms with Gasteiger partial charge >= 0.3 is 5.97 Å². The van der Waals surface area contributed by atoms with Gasteiger partial charge in [0.1, 0.15) is 0 Å². The van der Waals surface area contributed by atoms with Crippen molar-refractivity contribution in [3.8, 4) is 0 Å². The predicted molar refractivity (Wildman–Crippen MR) is 136 cm³/mol. The van der Waals surface area contributed by atoms with Crippen molar-refractivity contribution in [3.05, 3.63) is 12.2 Å². The zero-order valence-corrected chi connectivity index (χ0v) is 21.9. The smallest absolute Gasteiger partial charge is 0.335 e. The summed E-state index contributed by atoms with van der Waals surface area (Å²) in [6, 6.07) is 0. The van der Waals surface area contributed by atoms with Gasteiger partial charge in [0.25, 0.3) is 0 Å². The van der Waals surface area contributed by atoms with Crippen LogP contribution in [0.2, 0.25) is 0 Å². The molecule has 1 aliphatic heterocycles. The molecule has 0 aromatic rings. The second-order valence-corrected chi connectivity index (χ2v) is 10.5. The SMILES string of the molecule is CCCCCC(C)CCC=C[C@H]1CCC[C@@H]1CCCCCC(OC1CCCCO1)C(=O)OC. The first kappa shape index (κ1) is 28.4. The Labute approximate surface area is 204 Å². The largest absolute Gasteiger partial charge is 0.467 e. The number of allylic oxidation sites excluding steroid dienone is 2. The molecule has 0 N–H and O–H groups in total. The van der Waals surface area contributed by atoms with Crippen molar-refractivity contribution in [2.45, 2.75) is 135 Å². The maximum Gasteiger partial charge on any atom is 0.335 e. The molecule has 0 spiro atoms. The standard InChI is InChI=1S/C29H52O4/c1-4-5-7-15-24(2)16-10-11-18-26-20-14-19-25(26)17-8-6-9-21-27(29(30)31-3)33-28-22-12-13-23-32-28/h11,18,24-28H,4-10,12-17,19-23H2,1-3H3/t24?,25-,26-,27?,28?/m0/s1. The lowest BCUT2D eigenvalue weighted by molar-refractivity contribution is -0.203. The van der Waals surface area contributed by atoms with Gasteiger partial charge in [0.05, 0.1) is 7.11 Å². The zero-order chi connectivity index (χ0) is 23.7. The molecule has 0 bridgehead atoms. The van der Waals surface area contributed by atoms with Gasteiger partial charge in [-0.15, -0.1) is 0 Å². The quantitative estimate of drug-likeness (QED) is 0.124. The number of carbonyl (C=O) groups is 1. The van der Waals surface area contributed by atoms with Gasteiger partial charge in [-0.2, -0.15) is 0 Å². The van der Waals surface area contributed by atoms with Crippen LogP contribution in [0.25, 0.3) is 0 Å². The van der Waals surface area contributed by atoms with E-state index in [4.69, 9.17) is 14.2 Å². The van der Waals surface area contributed by atoms with Gasteiger partial charge in [0, 0.05) is 6.61 Å². The van der Waals surface area contributed by atoms with Crippen molar-refractivity contribution in [2.75, 3.05) is 13.7 Å². The number of rotatable bonds is 17. The van der Waals surface area contributed by atoms with Crippen LogP contribution in [0.5, 0.6) is 0 Å². The van der Waals surface area contributed by atoms with E-state index in [0.717, 1.165) is 62.9 Å². The molecule has 1 aliphatic carbocycles. The summed E-state index contributed by atoms with van der Waals surface area (Å²) in [6.45, 7) is 5.43. The number of unbranched alkanes of at least 4 members (excludes halogenated alkanes) is 4. The molecule has 1 saturated carbocycles. The molecule has 1 heterocycles. The van der Waals surface area contributed by atoms with Crippen LogP contribution in [-0.4, -0.2) is 32.1 Å². The number of methoxy groups -OCH3 is 1. The number of esters is 1. The Morgan fingerprint density at radius 3 is 2.61 bits per heavy atom. The fraction of sp³-hybridized carbons (Fsp3) is 0.897. The fourth-order valence-electron chi connectivity index (χ4n) is 5.50. The molecule has 2 rings (SSSR count). The number of hydrogen-bond donors (Lipinski definition) is 0. The molecular formula is C29H52O4. The molecule has 3 unspecified atom stereocenters. The molecule has 0 radical (unpaired) electrons. The Balaban J connectivity index is 1.60. The third-order valence-electron chi connectivity index (χ3n) is 7.69. The van der Waals surface area contributed by atoms with Gasteiger partial charge in [-0.1, -0.05) is 77.4 Å². The van der Waals surface area contributed by atoms with Crippen molar-refractivity contribution < 1.29 is 19.0 Å². The molecule has 33 heavy (non-hydrogen) atoms. The van der Waals surface area contributed by atoms with Gasteiger partial charge in [0.2, 0.25) is 0 Å². The third kappa shape index (κ3) is 11.9. The molecular weight excluding hydrogens is 412 g/mol. The topological polar surface area (TPSA) is 44.8 Å². The molecule has 2 fully saturated rings. The Bertz CT molecular complexity index is 526. The Kier molecular flexibility index (Phi) is 15.1. The second kappa shape index (κ2) is 17.5. The van der Waals surface area contributed by atoms with E-state index in [1.54, 1.807) is 0 Å². The maximum absolute atomic E-state index is 12.1. The van der Waals surface area contributed by atoms with Gasteiger partial charge in [0.15, 0.2) is 12.4 Å². The van der Waals surface area contributed by atoms with Crippen molar-refractivity contribution in [1.29, 1.82) is 0 Å². The van der Waals surface area contributed by atoms with E-state index in [1.165, 1.54) is 77.7 Å². The normalized spacial score (nSPS) is 25.4. The van der Waals surface area contributed by atoms with Crippen LogP contribution >= 0.6 is 0 Å². The van der Waals surface area contributed by atoms with E-state index in [2.05, 4.69) is 26.0 Å². The van der Waals surface area contributed by atoms with Gasteiger partial charge in [-0.25, -0.2) is 4.79 Å². The highest BCUT2D eigenvalue weighted by Crippen LogP contribution is 2.36. The molecule has 5 atom stereocenters. The Hall–Kier alpha value is -0.870. The summed E-state index contributed by atoms with van der Waals surface area (Å²) in [5.41, 5.74) is 0. The third-order valence-corrected chi connectivity index (χ3v) is 7.69. The van der Waals surface area contributed by atoms with Crippen molar-refractivity contribution >= 4 is 5.97 Å². The molecule has 0 aromatic carbocycles. The van der Waals surface area contributed by atoms with Crippen LogP contribution in [-0.2, 0) is 19.0 Å². The summed E-state index contributed by atoms with van der Waals surface area (Å²) >= 11 is 0. The first-order valence-corrected chi connectivity index (χ1v) is 14.2. The van der Waals surface area contributed by atoms with Crippen LogP contribution in [0, 0.1) is 17.8 Å². The van der Waals surface area contributed by atoms with Crippen molar-refractivity contribution in [1.82, 2.24) is 0 Å². The van der Waals surface area contributed by atoms with Crippen LogP contribution in [0.4, 0.5) is 0 Å². The lowest BCUT2D eigenvalue weighted by Gasteiger charge is -2.26. The molecule has 0 aromatic heterocycles. The van der Waals surface area contributed by atoms with E-state index in [1.807, 2.05) is 0 Å². The summed E-state index contributed by atoms with van der Waals surface area (Å²) < 4.78 is 16.5. The number of ether oxygens (including phenoxy) is 3. The summed E-state index contributed by atoms with van der Waals surface area (Å²) in [7, 11) is 1.45. The highest BCUT2D eigenvalue weighted by molar-refractivity contribution is 5.74. The number of hydrogen-bond acceptors (Lipinski definition) is 4. The lowest BCUT2D eigenvalue weighted by Crippen LogP contribution is -2.33. The minimum atomic E-state index is -0.482. The van der Waals surface area contributed by atoms with Gasteiger partial charge in [-0.05, 0) is 75.5 Å². The monoisotopic (exact) mass is 464 g/mol. The maximum atomic E-state index is 12.1. The minimum absolute atomic E-state index is 0.242. The molecule has 1 saturated heterocycles. The Morgan fingerprint density at radius 1 is 1.00 bits per heavy atom. The summed E-state index contributed by atoms with van der Waals surface area (Å²) in [6.07, 6.45) is 25.0. The first-order valence-electron chi connectivity index (χ1n) is 14.2. The molecule has 192 valence electrons. The van der Waals surface area contributed by atoms with Crippen molar-refractivity contribution in [2.24, 2.45) is 17.8 Å². The van der Waals surface area contributed by atoms with Gasteiger partial charge in [-0.3, -0.25) is 0 Å². The van der Waals surface area contributed by atoms with Crippen LogP contribution < -0.4 is 0 Å². The number of carbonyl (C=O) groups excluding carboxylic acids is 1. The van der Waals surface area contributed by atoms with Crippen LogP contribution in [0.3, 0.4) is 0 Å². The zero-order valence-electron chi connectivity index (χ0n) is 21.9. The van der Waals surface area contributed by atoms with E-state index in [0.29, 0.717) is 0 Å². The summed E-state index contributed by atoms with van der Waals surface area (Å²) in [5, 5.41) is 0. The minimum Gasteiger partial charge on any atom is -0.467 e. The van der Waals surface area contributed by atoms with E-state index < -0.39 is 6.10 Å². The highest BCUT2D eigenvalue weighted by atomic mass is 16.7. The molecule has 4 heteroatoms. The average Bonchev–Trinajstić information content (AvgIpc) is 3.28. The van der Waals surface area contributed by atoms with E-state index >= 15 is 0 Å². The molecule has 2 aliphatic rings. The fourth-order valence-corrected chi connectivity index (χ4v) is 5.50. The average molecular weight is 465 g/mol. The van der Waals surface area contributed by atoms with Gasteiger partial charge < -0.3 is 14.2 Å². The molecule has 4 nitrogen and oxygen atoms in total. The van der Waals surface area contributed by atoms with E-state index in [-0.39, 0.29) is 12.3 Å². The Morgan fingerprint density at radius 2 is 1.85 bits per heavy atom. The van der Waals surface area contributed by atoms with Crippen molar-refractivity contribution in [3.63, 3.8) is 0 Å². The van der Waals surface area contributed by atoms with Crippen LogP contribution in [0.1, 0.15) is 123 Å².